The molecule has 0 aliphatic heterocycles. The van der Waals surface area contributed by atoms with Gasteiger partial charge >= 0.3 is 0 Å². The number of nitrogens with zero attached hydrogens (tertiary/aromatic N) is 2. The van der Waals surface area contributed by atoms with Crippen LogP contribution in [0.5, 0.6) is 0 Å². The fourth-order valence-corrected chi connectivity index (χ4v) is 3.47. The zero-order chi connectivity index (χ0) is 16.7. The smallest absolute Gasteiger partial charge is 0.260 e. The van der Waals surface area contributed by atoms with Gasteiger partial charge in [0.05, 0.1) is 5.56 Å². The molecule has 1 aromatic heterocycles. The van der Waals surface area contributed by atoms with Crippen LogP contribution in [0.15, 0.2) is 18.2 Å². The van der Waals surface area contributed by atoms with Gasteiger partial charge in [0.25, 0.3) is 5.91 Å². The summed E-state index contributed by atoms with van der Waals surface area (Å²) in [5, 5.41) is 15.0. The summed E-state index contributed by atoms with van der Waals surface area (Å²) in [4.78, 5) is 12.3. The Morgan fingerprint density at radius 3 is 2.73 bits per heavy atom. The van der Waals surface area contributed by atoms with Gasteiger partial charge in [-0.15, -0.1) is 35.0 Å². The van der Waals surface area contributed by atoms with Gasteiger partial charge in [-0.25, -0.2) is 4.39 Å². The van der Waals surface area contributed by atoms with Gasteiger partial charge in [0, 0.05) is 12.0 Å². The van der Waals surface area contributed by atoms with Gasteiger partial charge in [-0.1, -0.05) is 17.4 Å². The zero-order valence-corrected chi connectivity index (χ0v) is 16.6. The molecule has 0 saturated heterocycles. The number of rotatable bonds is 6. The summed E-state index contributed by atoms with van der Waals surface area (Å²) in [5.74, 6) is 0.227. The van der Waals surface area contributed by atoms with Crippen molar-refractivity contribution in [1.82, 2.24) is 15.5 Å². The number of carbonyl (C=O) groups is 1. The molecule has 1 aromatic carbocycles. The molecule has 0 bridgehead atoms. The predicted octanol–water partition coefficient (Wildman–Crippen LogP) is 3.94. The molecule has 0 spiro atoms. The standard InChI is InChI=1S/C17H19FN4OS.2ClH/c1-9-21-22-17(24-9)20-16(23)13-6-11(4-5-14(13)18)12-7-15(12)19-8-10-2-3-10;;/h4-6,10,12,15,19H,2-3,7-8H2,1H3,(H,20,22,23);2*1H/t12-,15+;;/m0../s1. The van der Waals surface area contributed by atoms with Crippen LogP contribution in [0.2, 0.25) is 0 Å². The van der Waals surface area contributed by atoms with Crippen LogP contribution in [0, 0.1) is 18.7 Å². The summed E-state index contributed by atoms with van der Waals surface area (Å²) in [6, 6.07) is 5.29. The van der Waals surface area contributed by atoms with E-state index in [0.29, 0.717) is 17.1 Å². The van der Waals surface area contributed by atoms with Gasteiger partial charge in [0.2, 0.25) is 5.13 Å². The molecule has 2 aliphatic carbocycles. The van der Waals surface area contributed by atoms with Crippen molar-refractivity contribution in [3.05, 3.63) is 40.2 Å². The molecular weight excluding hydrogens is 398 g/mol. The number of nitrogens with one attached hydrogen (secondary N) is 2. The first-order chi connectivity index (χ1) is 11.6. The summed E-state index contributed by atoms with van der Waals surface area (Å²) >= 11 is 1.27. The van der Waals surface area contributed by atoms with E-state index in [1.807, 2.05) is 0 Å². The molecule has 2 atom stereocenters. The SMILES string of the molecule is Cc1nnc(NC(=O)c2cc([C@@H]3C[C@H]3NCC3CC3)ccc2F)s1.Cl.Cl. The average Bonchev–Trinajstić information content (AvgIpc) is 3.46. The number of anilines is 1. The van der Waals surface area contributed by atoms with Crippen molar-refractivity contribution < 1.29 is 9.18 Å². The molecule has 142 valence electrons. The maximum Gasteiger partial charge on any atom is 0.260 e. The highest BCUT2D eigenvalue weighted by Crippen LogP contribution is 2.42. The summed E-state index contributed by atoms with van der Waals surface area (Å²) in [6.07, 6.45) is 3.71. The molecule has 0 radical (unpaired) electrons. The third kappa shape index (κ3) is 4.91. The van der Waals surface area contributed by atoms with Crippen molar-refractivity contribution in [3.63, 3.8) is 0 Å². The van der Waals surface area contributed by atoms with Gasteiger partial charge in [-0.3, -0.25) is 10.1 Å². The van der Waals surface area contributed by atoms with E-state index in [1.165, 1.54) is 30.2 Å². The summed E-state index contributed by atoms with van der Waals surface area (Å²) < 4.78 is 14.1. The van der Waals surface area contributed by atoms with E-state index in [2.05, 4.69) is 20.8 Å². The third-order valence-corrected chi connectivity index (χ3v) is 5.32. The number of halogens is 3. The normalized spacial score (nSPS) is 20.7. The van der Waals surface area contributed by atoms with E-state index in [4.69, 9.17) is 0 Å². The van der Waals surface area contributed by atoms with Gasteiger partial charge in [-0.05, 0) is 56.3 Å². The predicted molar refractivity (Wildman–Crippen MR) is 105 cm³/mol. The summed E-state index contributed by atoms with van der Waals surface area (Å²) in [6.45, 7) is 2.88. The minimum Gasteiger partial charge on any atom is -0.313 e. The van der Waals surface area contributed by atoms with Crippen molar-refractivity contribution >= 4 is 47.2 Å². The Balaban J connectivity index is 0.00000121. The molecule has 2 aromatic rings. The van der Waals surface area contributed by atoms with E-state index in [0.717, 1.165) is 29.5 Å². The lowest BCUT2D eigenvalue weighted by Gasteiger charge is -2.07. The Kier molecular flexibility index (Phi) is 6.96. The molecule has 2 fully saturated rings. The minimum atomic E-state index is -0.513. The fraction of sp³-hybridized carbons (Fsp3) is 0.471. The van der Waals surface area contributed by atoms with Crippen LogP contribution >= 0.6 is 36.2 Å². The Hall–Kier alpha value is -1.28. The lowest BCUT2D eigenvalue weighted by atomic mass is 10.1. The van der Waals surface area contributed by atoms with Crippen LogP contribution in [-0.4, -0.2) is 28.7 Å². The van der Waals surface area contributed by atoms with E-state index in [-0.39, 0.29) is 30.4 Å². The Morgan fingerprint density at radius 1 is 1.31 bits per heavy atom. The molecular formula is C17H21Cl2FN4OS. The highest BCUT2D eigenvalue weighted by molar-refractivity contribution is 7.15. The molecule has 2 N–H and O–H groups in total. The number of benzene rings is 1. The second-order valence-corrected chi connectivity index (χ2v) is 7.80. The van der Waals surface area contributed by atoms with Crippen LogP contribution in [0.1, 0.15) is 46.1 Å². The molecule has 0 unspecified atom stereocenters. The number of aryl methyl sites for hydroxylation is 1. The van der Waals surface area contributed by atoms with Gasteiger partial charge in [0.1, 0.15) is 10.8 Å². The van der Waals surface area contributed by atoms with Gasteiger partial charge in [-0.2, -0.15) is 0 Å². The monoisotopic (exact) mass is 418 g/mol. The topological polar surface area (TPSA) is 66.9 Å². The maximum absolute atomic E-state index is 14.1. The Labute approximate surface area is 168 Å². The molecule has 2 saturated carbocycles. The van der Waals surface area contributed by atoms with Crippen molar-refractivity contribution in [1.29, 1.82) is 0 Å². The summed E-state index contributed by atoms with van der Waals surface area (Å²) in [7, 11) is 0. The van der Waals surface area contributed by atoms with Crippen LogP contribution in [0.25, 0.3) is 0 Å². The zero-order valence-electron chi connectivity index (χ0n) is 14.2. The molecule has 5 nitrogen and oxygen atoms in total. The van der Waals surface area contributed by atoms with Gasteiger partial charge < -0.3 is 5.32 Å². The highest BCUT2D eigenvalue weighted by atomic mass is 35.5. The van der Waals surface area contributed by atoms with E-state index in [9.17, 15) is 9.18 Å². The summed E-state index contributed by atoms with van der Waals surface area (Å²) in [5.41, 5.74) is 1.08. The van der Waals surface area contributed by atoms with E-state index in [1.54, 1.807) is 19.1 Å². The lowest BCUT2D eigenvalue weighted by Crippen LogP contribution is -2.20. The largest absolute Gasteiger partial charge is 0.313 e. The molecule has 4 rings (SSSR count). The minimum absolute atomic E-state index is 0. The first-order valence-electron chi connectivity index (χ1n) is 8.24. The van der Waals surface area contributed by atoms with Crippen molar-refractivity contribution in [2.45, 2.75) is 38.1 Å². The van der Waals surface area contributed by atoms with Crippen molar-refractivity contribution in [2.75, 3.05) is 11.9 Å². The Morgan fingerprint density at radius 2 is 2.08 bits per heavy atom. The van der Waals surface area contributed by atoms with Crippen LogP contribution in [-0.2, 0) is 0 Å². The highest BCUT2D eigenvalue weighted by Gasteiger charge is 2.39. The van der Waals surface area contributed by atoms with E-state index >= 15 is 0 Å². The van der Waals surface area contributed by atoms with Crippen LogP contribution < -0.4 is 10.6 Å². The van der Waals surface area contributed by atoms with Crippen LogP contribution in [0.3, 0.4) is 0 Å². The van der Waals surface area contributed by atoms with E-state index < -0.39 is 11.7 Å². The number of hydrogen-bond acceptors (Lipinski definition) is 5. The number of amides is 1. The Bertz CT molecular complexity index is 784. The molecule has 1 heterocycles. The molecule has 2 aliphatic rings. The fourth-order valence-electron chi connectivity index (χ4n) is 2.89. The lowest BCUT2D eigenvalue weighted by molar-refractivity contribution is 0.102. The van der Waals surface area contributed by atoms with Crippen LogP contribution in [0.4, 0.5) is 9.52 Å². The molecule has 26 heavy (non-hydrogen) atoms. The average molecular weight is 419 g/mol. The maximum atomic E-state index is 14.1. The second kappa shape index (κ2) is 8.61. The number of carbonyl (C=O) groups excluding carboxylic acids is 1. The molecule has 9 heteroatoms. The third-order valence-electron chi connectivity index (χ3n) is 4.57. The first kappa shape index (κ1) is 21.0. The first-order valence-corrected chi connectivity index (χ1v) is 9.06. The second-order valence-electron chi connectivity index (χ2n) is 6.62. The van der Waals surface area contributed by atoms with Crippen molar-refractivity contribution in [2.24, 2.45) is 5.92 Å². The number of aromatic nitrogens is 2. The molecule has 1 amide bonds. The van der Waals surface area contributed by atoms with Crippen molar-refractivity contribution in [3.8, 4) is 0 Å². The quantitative estimate of drug-likeness (QED) is 0.745. The number of hydrogen-bond donors (Lipinski definition) is 2. The van der Waals surface area contributed by atoms with Gasteiger partial charge in [0.15, 0.2) is 0 Å².